The lowest BCUT2D eigenvalue weighted by Crippen LogP contribution is -2.52. The SMILES string of the molecule is CCNCCCCC[C@@H](CCCN=C(N)N)C(=O)N1CCC[C@H]1C(=O)C[C@@H](Cc1c[nH]c2ccccc12)C(=O)N[C@H](C(=O)C[C@@H](CC(C)C)C(C)=O)C(C)(C)C. The van der Waals surface area contributed by atoms with Gasteiger partial charge in [0.05, 0.1) is 12.1 Å². The van der Waals surface area contributed by atoms with Crippen LogP contribution in [0.5, 0.6) is 0 Å². The molecule has 1 aromatic carbocycles. The predicted molar refractivity (Wildman–Crippen MR) is 225 cm³/mol. The van der Waals surface area contributed by atoms with Crippen LogP contribution in [-0.2, 0) is 30.4 Å². The second-order valence-corrected chi connectivity index (χ2v) is 17.4. The molecule has 0 aliphatic carbocycles. The summed E-state index contributed by atoms with van der Waals surface area (Å²) in [5, 5.41) is 7.38. The molecule has 2 aromatic rings. The number of aromatic nitrogens is 1. The molecule has 3 rings (SSSR count). The van der Waals surface area contributed by atoms with Crippen molar-refractivity contribution in [1.29, 1.82) is 0 Å². The highest BCUT2D eigenvalue weighted by Crippen LogP contribution is 2.30. The van der Waals surface area contributed by atoms with Gasteiger partial charge in [-0.25, -0.2) is 0 Å². The van der Waals surface area contributed by atoms with Crippen molar-refractivity contribution in [3.8, 4) is 0 Å². The molecule has 1 aliphatic rings. The Kier molecular flexibility index (Phi) is 18.7. The van der Waals surface area contributed by atoms with Gasteiger partial charge < -0.3 is 32.0 Å². The van der Waals surface area contributed by atoms with Crippen LogP contribution >= 0.6 is 0 Å². The first-order valence-corrected chi connectivity index (χ1v) is 21.0. The van der Waals surface area contributed by atoms with Crippen molar-refractivity contribution < 1.29 is 24.0 Å². The molecular formula is C44H71N7O5. The lowest BCUT2D eigenvalue weighted by atomic mass is 9.79. The van der Waals surface area contributed by atoms with E-state index in [1.165, 1.54) is 6.92 Å². The van der Waals surface area contributed by atoms with E-state index in [1.807, 2.05) is 65.1 Å². The molecule has 2 amide bonds. The minimum absolute atomic E-state index is 0.0188. The van der Waals surface area contributed by atoms with E-state index in [0.29, 0.717) is 45.2 Å². The summed E-state index contributed by atoms with van der Waals surface area (Å²) in [7, 11) is 0. The van der Waals surface area contributed by atoms with Gasteiger partial charge >= 0.3 is 0 Å². The third-order valence-electron chi connectivity index (χ3n) is 11.1. The van der Waals surface area contributed by atoms with Crippen LogP contribution in [0.4, 0.5) is 0 Å². The number of H-pyrrole nitrogens is 1. The number of nitrogens with zero attached hydrogens (tertiary/aromatic N) is 2. The van der Waals surface area contributed by atoms with Gasteiger partial charge in [0.15, 0.2) is 17.5 Å². The van der Waals surface area contributed by atoms with Gasteiger partial charge in [-0.2, -0.15) is 0 Å². The summed E-state index contributed by atoms with van der Waals surface area (Å²) in [6, 6.07) is 6.35. The molecule has 1 aliphatic heterocycles. The Hall–Kier alpha value is -4.06. The summed E-state index contributed by atoms with van der Waals surface area (Å²) < 4.78 is 0. The van der Waals surface area contributed by atoms with E-state index >= 15 is 0 Å². The highest BCUT2D eigenvalue weighted by molar-refractivity contribution is 5.96. The number of guanidine groups is 1. The number of hydrogen-bond donors (Lipinski definition) is 5. The van der Waals surface area contributed by atoms with Crippen LogP contribution in [0.25, 0.3) is 10.9 Å². The Morgan fingerprint density at radius 3 is 2.34 bits per heavy atom. The molecule has 56 heavy (non-hydrogen) atoms. The molecule has 12 nitrogen and oxygen atoms in total. The number of hydrogen-bond acceptors (Lipinski definition) is 7. The highest BCUT2D eigenvalue weighted by Gasteiger charge is 2.40. The summed E-state index contributed by atoms with van der Waals surface area (Å²) in [6.07, 6.45) is 8.90. The van der Waals surface area contributed by atoms with Gasteiger partial charge in [0.1, 0.15) is 5.78 Å². The Morgan fingerprint density at radius 1 is 0.964 bits per heavy atom. The molecule has 2 heterocycles. The molecule has 312 valence electrons. The highest BCUT2D eigenvalue weighted by atomic mass is 16.2. The van der Waals surface area contributed by atoms with Crippen LogP contribution in [0.2, 0.25) is 0 Å². The molecular weight excluding hydrogens is 707 g/mol. The number of ketones is 3. The molecule has 0 unspecified atom stereocenters. The van der Waals surface area contributed by atoms with Crippen molar-refractivity contribution in [1.82, 2.24) is 20.5 Å². The maximum Gasteiger partial charge on any atom is 0.226 e. The summed E-state index contributed by atoms with van der Waals surface area (Å²) in [5.41, 5.74) is 12.3. The number of carbonyl (C=O) groups excluding carboxylic acids is 5. The van der Waals surface area contributed by atoms with Gasteiger partial charge in [-0.1, -0.05) is 72.6 Å². The average molecular weight is 778 g/mol. The largest absolute Gasteiger partial charge is 0.370 e. The van der Waals surface area contributed by atoms with E-state index in [9.17, 15) is 24.0 Å². The number of aliphatic imine (C=N–C) groups is 1. The van der Waals surface area contributed by atoms with Crippen molar-refractivity contribution in [2.24, 2.45) is 45.5 Å². The maximum atomic E-state index is 14.4. The number of Topliss-reactive ketones (excluding diaryl/α,β-unsaturated/α-hetero) is 3. The molecule has 7 N–H and O–H groups in total. The van der Waals surface area contributed by atoms with E-state index in [4.69, 9.17) is 11.5 Å². The number of rotatable bonds is 25. The van der Waals surface area contributed by atoms with Gasteiger partial charge in [-0.3, -0.25) is 29.0 Å². The number of nitrogens with two attached hydrogens (primary N) is 2. The lowest BCUT2D eigenvalue weighted by molar-refractivity contribution is -0.142. The first-order chi connectivity index (χ1) is 26.5. The number of fused-ring (bicyclic) bond motifs is 1. The van der Waals surface area contributed by atoms with Gasteiger partial charge in [-0.05, 0) is 94.3 Å². The summed E-state index contributed by atoms with van der Waals surface area (Å²) in [6.45, 7) is 16.2. The Labute approximate surface area is 335 Å². The quantitative estimate of drug-likeness (QED) is 0.0470. The van der Waals surface area contributed by atoms with E-state index in [0.717, 1.165) is 55.2 Å². The fourth-order valence-electron chi connectivity index (χ4n) is 8.10. The number of aromatic amines is 1. The first kappa shape index (κ1) is 46.3. The number of unbranched alkanes of at least 4 members (excludes halogenated alkanes) is 2. The minimum atomic E-state index is -0.855. The average Bonchev–Trinajstić information content (AvgIpc) is 3.79. The normalized spacial score (nSPS) is 16.7. The fourth-order valence-corrected chi connectivity index (χ4v) is 8.10. The van der Waals surface area contributed by atoms with Crippen molar-refractivity contribution >= 4 is 46.0 Å². The number of carbonyl (C=O) groups is 5. The number of likely N-dealkylation sites (tertiary alicyclic amines) is 1. The van der Waals surface area contributed by atoms with E-state index in [1.54, 1.807) is 4.90 Å². The first-order valence-electron chi connectivity index (χ1n) is 21.0. The number of benzene rings is 1. The number of para-hydroxylation sites is 1. The predicted octanol–water partition coefficient (Wildman–Crippen LogP) is 5.86. The van der Waals surface area contributed by atoms with Crippen molar-refractivity contribution in [3.05, 3.63) is 36.0 Å². The second-order valence-electron chi connectivity index (χ2n) is 17.4. The van der Waals surface area contributed by atoms with Gasteiger partial charge in [0.25, 0.3) is 0 Å². The van der Waals surface area contributed by atoms with Crippen LogP contribution in [0, 0.1) is 29.1 Å². The van der Waals surface area contributed by atoms with Gasteiger partial charge in [0, 0.05) is 60.8 Å². The number of nitrogens with one attached hydrogen (secondary N) is 3. The third kappa shape index (κ3) is 14.5. The smallest absolute Gasteiger partial charge is 0.226 e. The van der Waals surface area contributed by atoms with Gasteiger partial charge in [-0.15, -0.1) is 0 Å². The molecule has 0 spiro atoms. The summed E-state index contributed by atoms with van der Waals surface area (Å²) >= 11 is 0. The zero-order valence-corrected chi connectivity index (χ0v) is 35.3. The summed E-state index contributed by atoms with van der Waals surface area (Å²) in [4.78, 5) is 78.7. The maximum absolute atomic E-state index is 14.4. The Balaban J connectivity index is 1.86. The van der Waals surface area contributed by atoms with Crippen molar-refractivity contribution in [2.45, 2.75) is 138 Å². The van der Waals surface area contributed by atoms with Crippen LogP contribution in [0.3, 0.4) is 0 Å². The number of amides is 2. The molecule has 5 atom stereocenters. The van der Waals surface area contributed by atoms with E-state index < -0.39 is 29.3 Å². The molecule has 0 bridgehead atoms. The fraction of sp³-hybridized carbons (Fsp3) is 0.682. The van der Waals surface area contributed by atoms with Crippen LogP contribution in [0.1, 0.15) is 125 Å². The Morgan fingerprint density at radius 2 is 1.68 bits per heavy atom. The summed E-state index contributed by atoms with van der Waals surface area (Å²) in [5.74, 6) is -1.98. The van der Waals surface area contributed by atoms with Crippen LogP contribution < -0.4 is 22.1 Å². The second kappa shape index (κ2) is 22.6. The zero-order valence-electron chi connectivity index (χ0n) is 35.3. The topological polar surface area (TPSA) is 193 Å². The molecule has 0 radical (unpaired) electrons. The minimum Gasteiger partial charge on any atom is -0.370 e. The monoisotopic (exact) mass is 778 g/mol. The van der Waals surface area contributed by atoms with E-state index in [-0.39, 0.29) is 66.2 Å². The Bertz CT molecular complexity index is 1620. The molecule has 0 saturated carbocycles. The van der Waals surface area contributed by atoms with Crippen molar-refractivity contribution in [3.63, 3.8) is 0 Å². The van der Waals surface area contributed by atoms with E-state index in [2.05, 4.69) is 27.5 Å². The molecule has 1 aromatic heterocycles. The third-order valence-corrected chi connectivity index (χ3v) is 11.1. The van der Waals surface area contributed by atoms with Crippen LogP contribution in [-0.4, -0.2) is 83.3 Å². The molecule has 1 fully saturated rings. The molecule has 12 heteroatoms. The lowest BCUT2D eigenvalue weighted by Gasteiger charge is -2.33. The van der Waals surface area contributed by atoms with Crippen LogP contribution in [0.15, 0.2) is 35.5 Å². The standard InChI is InChI=1S/C44H71N7O5/c1-8-47-21-13-9-10-16-31(17-14-22-48-43(45)46)42(56)51-23-15-20-37(51)38(53)27-33(25-34-28-49-36-19-12-11-18-35(34)36)41(55)50-40(44(5,6)7)39(54)26-32(30(4)52)24-29(2)3/h11-12,18-19,28-29,31-33,37,40,47,49H,8-10,13-17,20-27H2,1-7H3,(H,50,55)(H4,45,46,48)/t31-,32+,33+,37-,40+/m0/s1. The van der Waals surface area contributed by atoms with Gasteiger partial charge in [0.2, 0.25) is 11.8 Å². The molecule has 1 saturated heterocycles. The zero-order chi connectivity index (χ0) is 41.4. The van der Waals surface area contributed by atoms with Crippen molar-refractivity contribution in [2.75, 3.05) is 26.2 Å².